The standard InChI is InChI=1S/C12H13BrN2S/c1-9-10(3-2-4-15-9)6-14-7-12-5-11(13)8-16-12/h2-5,8,14H,6-7H2,1H3. The van der Waals surface area contributed by atoms with Gasteiger partial charge in [0.05, 0.1) is 0 Å². The fraction of sp³-hybridized carbons (Fsp3) is 0.250. The van der Waals surface area contributed by atoms with Gasteiger partial charge in [0.1, 0.15) is 0 Å². The molecule has 0 bridgehead atoms. The molecule has 0 aliphatic carbocycles. The van der Waals surface area contributed by atoms with Gasteiger partial charge < -0.3 is 5.32 Å². The molecule has 0 atom stereocenters. The van der Waals surface area contributed by atoms with Gasteiger partial charge in [0, 0.05) is 39.7 Å². The smallest absolute Gasteiger partial charge is 0.0417 e. The van der Waals surface area contributed by atoms with Crippen molar-refractivity contribution in [1.29, 1.82) is 0 Å². The number of nitrogens with zero attached hydrogens (tertiary/aromatic N) is 1. The van der Waals surface area contributed by atoms with Gasteiger partial charge in [0.25, 0.3) is 0 Å². The minimum absolute atomic E-state index is 0.870. The monoisotopic (exact) mass is 296 g/mol. The third-order valence-electron chi connectivity index (χ3n) is 2.35. The lowest BCUT2D eigenvalue weighted by Crippen LogP contribution is -2.12. The molecule has 0 saturated carbocycles. The van der Waals surface area contributed by atoms with Crippen LogP contribution in [0.15, 0.2) is 34.2 Å². The fourth-order valence-corrected chi connectivity index (χ4v) is 2.89. The van der Waals surface area contributed by atoms with Crippen LogP contribution in [0.5, 0.6) is 0 Å². The second-order valence-corrected chi connectivity index (χ2v) is 5.49. The highest BCUT2D eigenvalue weighted by Crippen LogP contribution is 2.19. The lowest BCUT2D eigenvalue weighted by atomic mass is 10.2. The van der Waals surface area contributed by atoms with E-state index in [9.17, 15) is 0 Å². The van der Waals surface area contributed by atoms with E-state index in [2.05, 4.69) is 43.7 Å². The molecule has 0 aliphatic rings. The maximum atomic E-state index is 4.26. The van der Waals surface area contributed by atoms with Crippen molar-refractivity contribution in [2.24, 2.45) is 0 Å². The van der Waals surface area contributed by atoms with Crippen molar-refractivity contribution in [3.8, 4) is 0 Å². The zero-order chi connectivity index (χ0) is 11.4. The maximum absolute atomic E-state index is 4.26. The van der Waals surface area contributed by atoms with Crippen LogP contribution < -0.4 is 5.32 Å². The summed E-state index contributed by atoms with van der Waals surface area (Å²) in [4.78, 5) is 5.61. The Balaban J connectivity index is 1.87. The summed E-state index contributed by atoms with van der Waals surface area (Å²) in [6.07, 6.45) is 1.83. The Hall–Kier alpha value is -0.710. The largest absolute Gasteiger partial charge is 0.308 e. The molecule has 0 fully saturated rings. The van der Waals surface area contributed by atoms with E-state index in [0.29, 0.717) is 0 Å². The Morgan fingerprint density at radius 3 is 3.00 bits per heavy atom. The first-order valence-corrected chi connectivity index (χ1v) is 6.77. The number of pyridine rings is 1. The van der Waals surface area contributed by atoms with Gasteiger partial charge in [-0.2, -0.15) is 0 Å². The molecule has 84 valence electrons. The van der Waals surface area contributed by atoms with E-state index < -0.39 is 0 Å². The first-order chi connectivity index (χ1) is 7.75. The summed E-state index contributed by atoms with van der Waals surface area (Å²) in [5.74, 6) is 0. The average molecular weight is 297 g/mol. The number of rotatable bonds is 4. The molecule has 2 nitrogen and oxygen atoms in total. The molecular weight excluding hydrogens is 284 g/mol. The molecule has 0 saturated heterocycles. The molecule has 2 aromatic rings. The highest BCUT2D eigenvalue weighted by Gasteiger charge is 1.99. The molecule has 1 N–H and O–H groups in total. The van der Waals surface area contributed by atoms with Crippen LogP contribution in [0, 0.1) is 6.92 Å². The number of hydrogen-bond acceptors (Lipinski definition) is 3. The maximum Gasteiger partial charge on any atom is 0.0417 e. The van der Waals surface area contributed by atoms with Crippen LogP contribution in [0.4, 0.5) is 0 Å². The molecule has 0 amide bonds. The van der Waals surface area contributed by atoms with E-state index >= 15 is 0 Å². The van der Waals surface area contributed by atoms with Gasteiger partial charge in [-0.3, -0.25) is 4.98 Å². The van der Waals surface area contributed by atoms with Gasteiger partial charge in [0.15, 0.2) is 0 Å². The summed E-state index contributed by atoms with van der Waals surface area (Å²) < 4.78 is 1.16. The number of aryl methyl sites for hydroxylation is 1. The van der Waals surface area contributed by atoms with Crippen molar-refractivity contribution in [3.63, 3.8) is 0 Å². The van der Waals surface area contributed by atoms with Crippen molar-refractivity contribution in [1.82, 2.24) is 10.3 Å². The molecule has 0 aromatic carbocycles. The van der Waals surface area contributed by atoms with E-state index in [1.807, 2.05) is 19.2 Å². The van der Waals surface area contributed by atoms with E-state index in [1.165, 1.54) is 10.4 Å². The van der Waals surface area contributed by atoms with Crippen LogP contribution in [-0.2, 0) is 13.1 Å². The summed E-state index contributed by atoms with van der Waals surface area (Å²) in [5.41, 5.74) is 2.36. The average Bonchev–Trinajstić information content (AvgIpc) is 2.67. The molecule has 2 heterocycles. The second kappa shape index (κ2) is 5.57. The zero-order valence-corrected chi connectivity index (χ0v) is 11.4. The highest BCUT2D eigenvalue weighted by molar-refractivity contribution is 9.10. The van der Waals surface area contributed by atoms with Crippen molar-refractivity contribution < 1.29 is 0 Å². The number of nitrogens with one attached hydrogen (secondary N) is 1. The van der Waals surface area contributed by atoms with E-state index in [-0.39, 0.29) is 0 Å². The van der Waals surface area contributed by atoms with E-state index in [1.54, 1.807) is 11.3 Å². The van der Waals surface area contributed by atoms with Crippen LogP contribution in [0.3, 0.4) is 0 Å². The number of halogens is 1. The second-order valence-electron chi connectivity index (χ2n) is 3.58. The Kier molecular flexibility index (Phi) is 4.09. The first kappa shape index (κ1) is 11.8. The summed E-state index contributed by atoms with van der Waals surface area (Å²) in [6, 6.07) is 6.24. The fourth-order valence-electron chi connectivity index (χ4n) is 1.47. The summed E-state index contributed by atoms with van der Waals surface area (Å²) in [6.45, 7) is 3.82. The third-order valence-corrected chi connectivity index (χ3v) is 4.05. The molecule has 0 aliphatic heterocycles. The summed E-state index contributed by atoms with van der Waals surface area (Å²) >= 11 is 5.22. The van der Waals surface area contributed by atoms with Gasteiger partial charge in [-0.25, -0.2) is 0 Å². The lowest BCUT2D eigenvalue weighted by molar-refractivity contribution is 0.695. The van der Waals surface area contributed by atoms with Gasteiger partial charge in [0.2, 0.25) is 0 Å². The van der Waals surface area contributed by atoms with E-state index in [0.717, 1.165) is 23.3 Å². The lowest BCUT2D eigenvalue weighted by Gasteiger charge is -2.05. The molecule has 0 unspecified atom stereocenters. The van der Waals surface area contributed by atoms with Crippen molar-refractivity contribution in [2.45, 2.75) is 20.0 Å². The predicted molar refractivity (Wildman–Crippen MR) is 71.5 cm³/mol. The van der Waals surface area contributed by atoms with Crippen LogP contribution in [-0.4, -0.2) is 4.98 Å². The quantitative estimate of drug-likeness (QED) is 0.934. The number of thiophene rings is 1. The van der Waals surface area contributed by atoms with Crippen molar-refractivity contribution in [2.75, 3.05) is 0 Å². The topological polar surface area (TPSA) is 24.9 Å². The molecule has 0 spiro atoms. The van der Waals surface area contributed by atoms with Crippen LogP contribution in [0.2, 0.25) is 0 Å². The number of hydrogen-bond donors (Lipinski definition) is 1. The molecule has 4 heteroatoms. The van der Waals surface area contributed by atoms with Crippen molar-refractivity contribution >= 4 is 27.3 Å². The minimum Gasteiger partial charge on any atom is -0.308 e. The van der Waals surface area contributed by atoms with Crippen LogP contribution >= 0.6 is 27.3 Å². The number of aromatic nitrogens is 1. The Morgan fingerprint density at radius 1 is 1.44 bits per heavy atom. The van der Waals surface area contributed by atoms with Gasteiger partial charge >= 0.3 is 0 Å². The van der Waals surface area contributed by atoms with E-state index in [4.69, 9.17) is 0 Å². The Labute approximate surface area is 108 Å². The minimum atomic E-state index is 0.870. The van der Waals surface area contributed by atoms with Crippen LogP contribution in [0.1, 0.15) is 16.1 Å². The Bertz CT molecular complexity index is 468. The SMILES string of the molecule is Cc1ncccc1CNCc1cc(Br)cs1. The Morgan fingerprint density at radius 2 is 2.31 bits per heavy atom. The third kappa shape index (κ3) is 3.14. The molecule has 2 rings (SSSR count). The predicted octanol–water partition coefficient (Wildman–Crippen LogP) is 3.50. The summed E-state index contributed by atoms with van der Waals surface area (Å²) in [7, 11) is 0. The van der Waals surface area contributed by atoms with Crippen LogP contribution in [0.25, 0.3) is 0 Å². The first-order valence-electron chi connectivity index (χ1n) is 5.10. The molecule has 16 heavy (non-hydrogen) atoms. The molecular formula is C12H13BrN2S. The highest BCUT2D eigenvalue weighted by atomic mass is 79.9. The molecule has 0 radical (unpaired) electrons. The zero-order valence-electron chi connectivity index (χ0n) is 9.03. The van der Waals surface area contributed by atoms with Gasteiger partial charge in [-0.05, 0) is 40.5 Å². The summed E-state index contributed by atoms with van der Waals surface area (Å²) in [5, 5.41) is 5.53. The molecule has 2 aromatic heterocycles. The van der Waals surface area contributed by atoms with Gasteiger partial charge in [-0.1, -0.05) is 6.07 Å². The van der Waals surface area contributed by atoms with Gasteiger partial charge in [-0.15, -0.1) is 11.3 Å². The normalized spacial score (nSPS) is 10.6. The van der Waals surface area contributed by atoms with Crippen molar-refractivity contribution in [3.05, 3.63) is 50.4 Å².